The molecule has 12 nitrogen and oxygen atoms in total. The van der Waals surface area contributed by atoms with Crippen LogP contribution in [0.2, 0.25) is 0 Å². The molecule has 1 unspecified atom stereocenters. The number of carbonyl (C=O) groups excluding carboxylic acids is 2. The molecule has 2 aliphatic heterocycles. The maximum Gasteiger partial charge on any atom is 0.354 e. The summed E-state index contributed by atoms with van der Waals surface area (Å²) in [6.45, 7) is 6.67. The van der Waals surface area contributed by atoms with Crippen molar-refractivity contribution in [3.05, 3.63) is 52.6 Å². The van der Waals surface area contributed by atoms with Crippen molar-refractivity contribution < 1.29 is 14.7 Å². The molecule has 0 bridgehead atoms. The molecule has 12 heteroatoms. The van der Waals surface area contributed by atoms with Gasteiger partial charge in [-0.05, 0) is 49.4 Å². The lowest BCUT2D eigenvalue weighted by molar-refractivity contribution is -0.141. The van der Waals surface area contributed by atoms with Crippen molar-refractivity contribution >= 4 is 17.8 Å². The predicted octanol–water partition coefficient (Wildman–Crippen LogP) is -0.604. The van der Waals surface area contributed by atoms with Crippen molar-refractivity contribution in [2.24, 2.45) is 23.3 Å². The molecule has 1 aliphatic carbocycles. The van der Waals surface area contributed by atoms with Gasteiger partial charge < -0.3 is 26.4 Å². The van der Waals surface area contributed by atoms with Crippen LogP contribution in [0.25, 0.3) is 5.69 Å². The van der Waals surface area contributed by atoms with E-state index in [2.05, 4.69) is 15.2 Å². The number of anilines is 1. The summed E-state index contributed by atoms with van der Waals surface area (Å²) in [5.74, 6) is 1.09. The third-order valence-corrected chi connectivity index (χ3v) is 7.99. The normalized spacial score (nSPS) is 26.6. The molecule has 5 atom stereocenters. The lowest BCUT2D eigenvalue weighted by Crippen LogP contribution is -2.63. The number of fused-ring (bicyclic) bond motifs is 1. The number of piperazine rings is 1. The van der Waals surface area contributed by atoms with E-state index in [1.165, 1.54) is 17.1 Å². The third kappa shape index (κ3) is 5.17. The van der Waals surface area contributed by atoms with Crippen molar-refractivity contribution in [3.8, 4) is 5.69 Å². The van der Waals surface area contributed by atoms with Crippen LogP contribution in [-0.2, 0) is 11.3 Å². The summed E-state index contributed by atoms with van der Waals surface area (Å²) in [6, 6.07) is 9.09. The van der Waals surface area contributed by atoms with Crippen molar-refractivity contribution in [3.63, 3.8) is 0 Å². The minimum atomic E-state index is -1.37. The number of nitrogens with one attached hydrogen (secondary N) is 1. The molecule has 1 aromatic heterocycles. The van der Waals surface area contributed by atoms with Crippen LogP contribution in [0.1, 0.15) is 19.4 Å². The zero-order valence-electron chi connectivity index (χ0n) is 21.8. The van der Waals surface area contributed by atoms with Gasteiger partial charge in [0.1, 0.15) is 11.4 Å². The van der Waals surface area contributed by atoms with Gasteiger partial charge in [-0.25, -0.2) is 9.59 Å². The molecule has 3 aliphatic rings. The number of rotatable bonds is 6. The van der Waals surface area contributed by atoms with Crippen LogP contribution in [-0.4, -0.2) is 98.2 Å². The van der Waals surface area contributed by atoms with E-state index in [4.69, 9.17) is 11.5 Å². The number of nitrogens with two attached hydrogens (primary N) is 2. The quantitative estimate of drug-likeness (QED) is 0.389. The number of urea groups is 1. The Balaban J connectivity index is 1.16. The zero-order chi connectivity index (χ0) is 27.2. The summed E-state index contributed by atoms with van der Waals surface area (Å²) in [5, 5.41) is 12.1. The van der Waals surface area contributed by atoms with E-state index in [0.717, 1.165) is 19.6 Å². The van der Waals surface area contributed by atoms with Gasteiger partial charge in [-0.1, -0.05) is 12.1 Å². The molecule has 3 heterocycles. The van der Waals surface area contributed by atoms with Gasteiger partial charge in [0.2, 0.25) is 5.91 Å². The Morgan fingerprint density at radius 1 is 1.13 bits per heavy atom. The van der Waals surface area contributed by atoms with Gasteiger partial charge in [-0.15, -0.1) is 0 Å². The molecule has 3 amide bonds. The molecular formula is C26H36N8O4. The number of aromatic nitrogens is 2. The second kappa shape index (κ2) is 10.1. The van der Waals surface area contributed by atoms with E-state index < -0.39 is 23.9 Å². The molecule has 0 spiro atoms. The van der Waals surface area contributed by atoms with Gasteiger partial charge in [0.05, 0.1) is 12.3 Å². The molecule has 5 rings (SSSR count). The summed E-state index contributed by atoms with van der Waals surface area (Å²) in [5.41, 5.74) is 11.9. The third-order valence-electron chi connectivity index (χ3n) is 7.99. The summed E-state index contributed by atoms with van der Waals surface area (Å²) in [7, 11) is 0. The fourth-order valence-corrected chi connectivity index (χ4v) is 5.51. The lowest BCUT2D eigenvalue weighted by Gasteiger charge is -2.42. The minimum Gasteiger partial charge on any atom is -0.394 e. The monoisotopic (exact) mass is 524 g/mol. The fraction of sp³-hybridized carbons (Fsp3) is 0.538. The number of aliphatic hydroxyl groups is 1. The summed E-state index contributed by atoms with van der Waals surface area (Å²) in [4.78, 5) is 47.7. The van der Waals surface area contributed by atoms with E-state index in [9.17, 15) is 19.5 Å². The van der Waals surface area contributed by atoms with Gasteiger partial charge in [0.15, 0.2) is 0 Å². The smallest absolute Gasteiger partial charge is 0.354 e. The standard InChI is InChI=1S/C26H36N8O4/c1-16-11-32(9-10-33(16)23(36)26(2,28)15-35)24(37)29-21-7-8-34(25(38)30-21)18-5-3-17(4-6-18)12-31-13-19-20(14-31)22(19)27/h3-8,16,19-20,22,35H,9-15,27-28H2,1-2H3,(H,29,30,37,38)/t16-,19-,20+,22?,26+/m1/s1. The maximum atomic E-state index is 12.8. The number of benzene rings is 1. The maximum absolute atomic E-state index is 12.8. The van der Waals surface area contributed by atoms with Gasteiger partial charge in [0, 0.05) is 57.5 Å². The number of carbonyl (C=O) groups is 2. The van der Waals surface area contributed by atoms with Crippen LogP contribution in [0.15, 0.2) is 41.3 Å². The first-order chi connectivity index (χ1) is 18.1. The Bertz CT molecular complexity index is 1250. The summed E-state index contributed by atoms with van der Waals surface area (Å²) < 4.78 is 1.43. The van der Waals surface area contributed by atoms with E-state index in [0.29, 0.717) is 30.1 Å². The van der Waals surface area contributed by atoms with Crippen LogP contribution in [0.4, 0.5) is 10.6 Å². The van der Waals surface area contributed by atoms with Crippen LogP contribution in [0, 0.1) is 11.8 Å². The van der Waals surface area contributed by atoms with Crippen molar-refractivity contribution in [1.82, 2.24) is 24.3 Å². The first-order valence-electron chi connectivity index (χ1n) is 13.0. The molecule has 6 N–H and O–H groups in total. The highest BCUT2D eigenvalue weighted by Crippen LogP contribution is 2.44. The lowest BCUT2D eigenvalue weighted by atomic mass is 10.0. The molecule has 1 saturated carbocycles. The molecule has 3 fully saturated rings. The number of nitrogens with zero attached hydrogens (tertiary/aromatic N) is 5. The molecule has 0 radical (unpaired) electrons. The molecule has 204 valence electrons. The average Bonchev–Trinajstić information content (AvgIpc) is 3.28. The molecule has 38 heavy (non-hydrogen) atoms. The average molecular weight is 525 g/mol. The Morgan fingerprint density at radius 3 is 2.42 bits per heavy atom. The Kier molecular flexibility index (Phi) is 6.99. The van der Waals surface area contributed by atoms with E-state index in [1.807, 2.05) is 31.2 Å². The van der Waals surface area contributed by atoms with Gasteiger partial charge in [-0.3, -0.25) is 19.6 Å². The summed E-state index contributed by atoms with van der Waals surface area (Å²) >= 11 is 0. The molecule has 2 saturated heterocycles. The second-order valence-corrected chi connectivity index (χ2v) is 11.0. The SMILES string of the molecule is C[C@@H]1CN(C(=O)Nc2ccn(-c3ccc(CN4C[C@@H]5C(N)[C@@H]5C4)cc3)c(=O)n2)CCN1C(=O)[C@@](C)(N)CO. The van der Waals surface area contributed by atoms with Gasteiger partial charge in [0.25, 0.3) is 0 Å². The van der Waals surface area contributed by atoms with Gasteiger partial charge >= 0.3 is 11.7 Å². The Labute approximate surface area is 221 Å². The van der Waals surface area contributed by atoms with Crippen LogP contribution in [0.5, 0.6) is 0 Å². The number of hydrogen-bond acceptors (Lipinski definition) is 8. The van der Waals surface area contributed by atoms with E-state index >= 15 is 0 Å². The van der Waals surface area contributed by atoms with Crippen molar-refractivity contribution in [2.45, 2.75) is 38.0 Å². The largest absolute Gasteiger partial charge is 0.394 e. The first kappa shape index (κ1) is 26.3. The predicted molar refractivity (Wildman–Crippen MR) is 142 cm³/mol. The number of likely N-dealkylation sites (tertiary alicyclic amines) is 1. The zero-order valence-corrected chi connectivity index (χ0v) is 21.8. The Morgan fingerprint density at radius 2 is 1.82 bits per heavy atom. The van der Waals surface area contributed by atoms with Crippen LogP contribution < -0.4 is 22.5 Å². The highest BCUT2D eigenvalue weighted by Gasteiger charge is 2.53. The van der Waals surface area contributed by atoms with Crippen molar-refractivity contribution in [1.29, 1.82) is 0 Å². The topological polar surface area (TPSA) is 163 Å². The fourth-order valence-electron chi connectivity index (χ4n) is 5.51. The van der Waals surface area contributed by atoms with E-state index in [1.54, 1.807) is 22.1 Å². The highest BCUT2D eigenvalue weighted by atomic mass is 16.3. The van der Waals surface area contributed by atoms with E-state index in [-0.39, 0.29) is 30.9 Å². The summed E-state index contributed by atoms with van der Waals surface area (Å²) in [6.07, 6.45) is 1.59. The van der Waals surface area contributed by atoms with Crippen LogP contribution >= 0.6 is 0 Å². The number of amides is 3. The number of aliphatic hydroxyl groups excluding tert-OH is 1. The van der Waals surface area contributed by atoms with Gasteiger partial charge in [-0.2, -0.15) is 4.98 Å². The second-order valence-electron chi connectivity index (χ2n) is 11.0. The highest BCUT2D eigenvalue weighted by molar-refractivity contribution is 5.89. The van der Waals surface area contributed by atoms with Crippen molar-refractivity contribution in [2.75, 3.05) is 44.6 Å². The number of hydrogen-bond donors (Lipinski definition) is 4. The number of piperidine rings is 1. The minimum absolute atomic E-state index is 0.152. The Hall–Kier alpha value is -3.32. The molecular weight excluding hydrogens is 488 g/mol. The van der Waals surface area contributed by atoms with Crippen LogP contribution in [0.3, 0.4) is 0 Å². The molecule has 1 aromatic carbocycles. The first-order valence-corrected chi connectivity index (χ1v) is 13.0. The molecule has 2 aromatic rings.